The fraction of sp³-hybridized carbons (Fsp3) is 0.500. The van der Waals surface area contributed by atoms with Gasteiger partial charge in [-0.3, -0.25) is 0 Å². The van der Waals surface area contributed by atoms with Crippen LogP contribution in [-0.2, 0) is 11.2 Å². The highest BCUT2D eigenvalue weighted by Gasteiger charge is 2.21. The molecule has 1 aliphatic heterocycles. The number of ether oxygens (including phenoxy) is 1. The first kappa shape index (κ1) is 20.9. The number of hydrogen-bond donors (Lipinski definition) is 0. The van der Waals surface area contributed by atoms with E-state index in [4.69, 9.17) is 4.74 Å². The van der Waals surface area contributed by atoms with Crippen LogP contribution in [0.15, 0.2) is 36.4 Å². The summed E-state index contributed by atoms with van der Waals surface area (Å²) in [5.74, 6) is -0.945. The number of piperidine rings is 1. The standard InChI is InChI=1S/C24H31F2NO/c1-18-9-6-10-19(2)24(18)23(17-27-14-4-3-5-15-27)28-16-8-11-20-21(25)12-7-13-22(20)26/h6-7,9-10,12-13,23H,3-5,8,11,14-17H2,1-2H3. The van der Waals surface area contributed by atoms with Crippen molar-refractivity contribution in [2.24, 2.45) is 0 Å². The number of hydrogen-bond acceptors (Lipinski definition) is 2. The van der Waals surface area contributed by atoms with Crippen molar-refractivity contribution in [3.63, 3.8) is 0 Å². The fourth-order valence-electron chi connectivity index (χ4n) is 4.18. The Kier molecular flexibility index (Phi) is 7.57. The minimum atomic E-state index is -0.473. The van der Waals surface area contributed by atoms with Crippen LogP contribution < -0.4 is 0 Å². The van der Waals surface area contributed by atoms with Gasteiger partial charge in [-0.1, -0.05) is 30.7 Å². The third-order valence-corrected chi connectivity index (χ3v) is 5.69. The van der Waals surface area contributed by atoms with Crippen LogP contribution in [0.2, 0.25) is 0 Å². The summed E-state index contributed by atoms with van der Waals surface area (Å²) in [7, 11) is 0. The molecule has 2 nitrogen and oxygen atoms in total. The number of likely N-dealkylation sites (tertiary alicyclic amines) is 1. The van der Waals surface area contributed by atoms with Crippen LogP contribution in [0.3, 0.4) is 0 Å². The lowest BCUT2D eigenvalue weighted by Crippen LogP contribution is -2.34. The summed E-state index contributed by atoms with van der Waals surface area (Å²) in [5.41, 5.74) is 3.89. The molecule has 1 saturated heterocycles. The Morgan fingerprint density at radius 1 is 0.929 bits per heavy atom. The first-order valence-corrected chi connectivity index (χ1v) is 10.4. The Labute approximate surface area is 167 Å². The first-order chi connectivity index (χ1) is 13.6. The fourth-order valence-corrected chi connectivity index (χ4v) is 4.18. The molecule has 0 bridgehead atoms. The van der Waals surface area contributed by atoms with Crippen LogP contribution in [0, 0.1) is 25.5 Å². The number of nitrogens with zero attached hydrogens (tertiary/aromatic N) is 1. The summed E-state index contributed by atoms with van der Waals surface area (Å²) in [6, 6.07) is 10.4. The number of halogens is 2. The van der Waals surface area contributed by atoms with E-state index in [1.807, 2.05) is 0 Å². The second kappa shape index (κ2) is 10.1. The minimum absolute atomic E-state index is 0.00947. The summed E-state index contributed by atoms with van der Waals surface area (Å²) >= 11 is 0. The Balaban J connectivity index is 1.65. The van der Waals surface area contributed by atoms with Crippen molar-refractivity contribution in [1.29, 1.82) is 0 Å². The third kappa shape index (κ3) is 5.39. The number of benzene rings is 2. The van der Waals surface area contributed by atoms with E-state index in [-0.39, 0.29) is 11.7 Å². The molecular weight excluding hydrogens is 356 g/mol. The average Bonchev–Trinajstić information content (AvgIpc) is 2.67. The SMILES string of the molecule is Cc1cccc(C)c1C(CN1CCCCC1)OCCCc1c(F)cccc1F. The van der Waals surface area contributed by atoms with Gasteiger partial charge < -0.3 is 9.64 Å². The maximum absolute atomic E-state index is 13.8. The van der Waals surface area contributed by atoms with E-state index in [2.05, 4.69) is 36.9 Å². The number of rotatable bonds is 8. The molecular formula is C24H31F2NO. The van der Waals surface area contributed by atoms with Gasteiger partial charge in [-0.2, -0.15) is 0 Å². The average molecular weight is 388 g/mol. The molecule has 1 heterocycles. The first-order valence-electron chi connectivity index (χ1n) is 10.4. The molecule has 2 aromatic carbocycles. The van der Waals surface area contributed by atoms with E-state index < -0.39 is 11.6 Å². The van der Waals surface area contributed by atoms with Gasteiger partial charge in [0.25, 0.3) is 0 Å². The van der Waals surface area contributed by atoms with E-state index in [1.165, 1.54) is 54.2 Å². The lowest BCUT2D eigenvalue weighted by molar-refractivity contribution is 0.0187. The Morgan fingerprint density at radius 3 is 2.18 bits per heavy atom. The van der Waals surface area contributed by atoms with Crippen molar-refractivity contribution in [3.05, 3.63) is 70.3 Å². The van der Waals surface area contributed by atoms with Gasteiger partial charge in [-0.25, -0.2) is 8.78 Å². The highest BCUT2D eigenvalue weighted by atomic mass is 19.1. The van der Waals surface area contributed by atoms with Crippen LogP contribution in [-0.4, -0.2) is 31.1 Å². The van der Waals surface area contributed by atoms with Crippen molar-refractivity contribution in [2.45, 2.75) is 52.1 Å². The van der Waals surface area contributed by atoms with Gasteiger partial charge in [0.1, 0.15) is 11.6 Å². The van der Waals surface area contributed by atoms with Crippen molar-refractivity contribution >= 4 is 0 Å². The predicted molar refractivity (Wildman–Crippen MR) is 110 cm³/mol. The lowest BCUT2D eigenvalue weighted by atomic mass is 9.97. The molecule has 0 aromatic heterocycles. The predicted octanol–water partition coefficient (Wildman–Crippen LogP) is 5.76. The van der Waals surface area contributed by atoms with Gasteiger partial charge in [0.05, 0.1) is 6.10 Å². The summed E-state index contributed by atoms with van der Waals surface area (Å²) in [6.45, 7) is 7.85. The second-order valence-electron chi connectivity index (χ2n) is 7.83. The van der Waals surface area contributed by atoms with Crippen LogP contribution in [0.5, 0.6) is 0 Å². The molecule has 0 radical (unpaired) electrons. The second-order valence-corrected chi connectivity index (χ2v) is 7.83. The Bertz CT molecular complexity index is 731. The van der Waals surface area contributed by atoms with E-state index in [1.54, 1.807) is 0 Å². The van der Waals surface area contributed by atoms with E-state index in [9.17, 15) is 8.78 Å². The highest BCUT2D eigenvalue weighted by Crippen LogP contribution is 2.27. The smallest absolute Gasteiger partial charge is 0.129 e. The van der Waals surface area contributed by atoms with Crippen LogP contribution in [0.4, 0.5) is 8.78 Å². The zero-order valence-electron chi connectivity index (χ0n) is 17.0. The summed E-state index contributed by atoms with van der Waals surface area (Å²) in [6.07, 6.45) is 4.73. The third-order valence-electron chi connectivity index (χ3n) is 5.69. The molecule has 0 aliphatic carbocycles. The zero-order chi connectivity index (χ0) is 19.9. The van der Waals surface area contributed by atoms with Crippen LogP contribution >= 0.6 is 0 Å². The molecule has 4 heteroatoms. The Hall–Kier alpha value is -1.78. The molecule has 152 valence electrons. The highest BCUT2D eigenvalue weighted by molar-refractivity contribution is 5.35. The van der Waals surface area contributed by atoms with Crippen molar-refractivity contribution in [3.8, 4) is 0 Å². The monoisotopic (exact) mass is 387 g/mol. The summed E-state index contributed by atoms with van der Waals surface area (Å²) in [4.78, 5) is 2.48. The maximum Gasteiger partial charge on any atom is 0.129 e. The molecule has 0 N–H and O–H groups in total. The maximum atomic E-state index is 13.8. The molecule has 1 unspecified atom stereocenters. The molecule has 1 fully saturated rings. The molecule has 0 spiro atoms. The molecule has 1 atom stereocenters. The van der Waals surface area contributed by atoms with Crippen molar-refractivity contribution < 1.29 is 13.5 Å². The van der Waals surface area contributed by atoms with E-state index in [0.717, 1.165) is 19.6 Å². The summed E-state index contributed by atoms with van der Waals surface area (Å²) < 4.78 is 34.0. The Morgan fingerprint density at radius 2 is 1.54 bits per heavy atom. The summed E-state index contributed by atoms with van der Waals surface area (Å²) in [5, 5.41) is 0. The normalized spacial score (nSPS) is 16.3. The van der Waals surface area contributed by atoms with Gasteiger partial charge in [0.2, 0.25) is 0 Å². The van der Waals surface area contributed by atoms with Crippen LogP contribution in [0.25, 0.3) is 0 Å². The molecule has 2 aromatic rings. The van der Waals surface area contributed by atoms with Crippen molar-refractivity contribution in [1.82, 2.24) is 4.90 Å². The molecule has 0 saturated carbocycles. The molecule has 28 heavy (non-hydrogen) atoms. The van der Waals surface area contributed by atoms with E-state index in [0.29, 0.717) is 19.4 Å². The topological polar surface area (TPSA) is 12.5 Å². The van der Waals surface area contributed by atoms with Gasteiger partial charge in [0.15, 0.2) is 0 Å². The molecule has 1 aliphatic rings. The van der Waals surface area contributed by atoms with Gasteiger partial charge >= 0.3 is 0 Å². The zero-order valence-corrected chi connectivity index (χ0v) is 17.0. The number of aryl methyl sites for hydroxylation is 2. The van der Waals surface area contributed by atoms with Gasteiger partial charge in [-0.15, -0.1) is 0 Å². The quantitative estimate of drug-likeness (QED) is 0.534. The largest absolute Gasteiger partial charge is 0.372 e. The van der Waals surface area contributed by atoms with Gasteiger partial charge in [0, 0.05) is 18.7 Å². The van der Waals surface area contributed by atoms with Gasteiger partial charge in [-0.05, 0) is 81.4 Å². The van der Waals surface area contributed by atoms with Crippen molar-refractivity contribution in [2.75, 3.05) is 26.2 Å². The lowest BCUT2D eigenvalue weighted by Gasteiger charge is -2.32. The molecule has 0 amide bonds. The minimum Gasteiger partial charge on any atom is -0.372 e. The van der Waals surface area contributed by atoms with E-state index >= 15 is 0 Å². The van der Waals surface area contributed by atoms with Crippen LogP contribution in [0.1, 0.15) is 54.0 Å². The molecule has 3 rings (SSSR count).